The molecular weight excluding hydrogens is 162 g/mol. The Hall–Kier alpha value is -1.02. The molecule has 0 saturated carbocycles. The molecular formula is C11H15NO. The third kappa shape index (κ3) is 1.54. The Labute approximate surface area is 78.9 Å². The van der Waals surface area contributed by atoms with Crippen LogP contribution < -0.4 is 5.32 Å². The summed E-state index contributed by atoms with van der Waals surface area (Å²) < 4.78 is 5.34. The summed E-state index contributed by atoms with van der Waals surface area (Å²) in [4.78, 5) is 0. The predicted octanol–water partition coefficient (Wildman–Crippen LogP) is 1.98. The van der Waals surface area contributed by atoms with Gasteiger partial charge >= 0.3 is 0 Å². The zero-order valence-corrected chi connectivity index (χ0v) is 8.13. The van der Waals surface area contributed by atoms with E-state index in [0.717, 1.165) is 13.0 Å². The van der Waals surface area contributed by atoms with Gasteiger partial charge in [-0.15, -0.1) is 0 Å². The summed E-state index contributed by atoms with van der Waals surface area (Å²) in [5.74, 6) is 0. The first-order chi connectivity index (χ1) is 6.31. The Morgan fingerprint density at radius 1 is 1.46 bits per heavy atom. The van der Waals surface area contributed by atoms with E-state index in [9.17, 15) is 0 Å². The standard InChI is InChI=1S/C11H15NO/c1-8-4-3-5-11-10(8)6-9(13-2)7-12-11/h3-5,9,12H,6-7H2,1-2H3. The average Bonchev–Trinajstić information content (AvgIpc) is 2.18. The second-order valence-electron chi connectivity index (χ2n) is 3.54. The van der Waals surface area contributed by atoms with Gasteiger partial charge in [-0.1, -0.05) is 12.1 Å². The number of nitrogens with one attached hydrogen (secondary N) is 1. The number of hydrogen-bond acceptors (Lipinski definition) is 2. The van der Waals surface area contributed by atoms with Crippen LogP contribution in [-0.4, -0.2) is 19.8 Å². The van der Waals surface area contributed by atoms with Crippen molar-refractivity contribution in [1.82, 2.24) is 0 Å². The molecule has 13 heavy (non-hydrogen) atoms. The molecule has 2 nitrogen and oxygen atoms in total. The molecule has 0 aromatic heterocycles. The van der Waals surface area contributed by atoms with Crippen molar-refractivity contribution in [2.45, 2.75) is 19.4 Å². The Morgan fingerprint density at radius 2 is 2.31 bits per heavy atom. The van der Waals surface area contributed by atoms with Crippen LogP contribution in [-0.2, 0) is 11.2 Å². The van der Waals surface area contributed by atoms with Crippen molar-refractivity contribution in [3.8, 4) is 0 Å². The van der Waals surface area contributed by atoms with E-state index in [4.69, 9.17) is 4.74 Å². The predicted molar refractivity (Wildman–Crippen MR) is 54.2 cm³/mol. The molecule has 0 radical (unpaired) electrons. The lowest BCUT2D eigenvalue weighted by Crippen LogP contribution is -2.29. The highest BCUT2D eigenvalue weighted by atomic mass is 16.5. The van der Waals surface area contributed by atoms with E-state index in [2.05, 4.69) is 30.4 Å². The minimum Gasteiger partial charge on any atom is -0.382 e. The SMILES string of the molecule is COC1CNc2cccc(C)c2C1. The molecule has 1 aliphatic heterocycles. The molecule has 0 fully saturated rings. The van der Waals surface area contributed by atoms with Crippen LogP contribution >= 0.6 is 0 Å². The van der Waals surface area contributed by atoms with Gasteiger partial charge in [0.05, 0.1) is 6.10 Å². The number of hydrogen-bond donors (Lipinski definition) is 1. The first-order valence-electron chi connectivity index (χ1n) is 4.66. The molecule has 0 amide bonds. The minimum absolute atomic E-state index is 0.327. The molecule has 1 N–H and O–H groups in total. The van der Waals surface area contributed by atoms with E-state index in [1.165, 1.54) is 16.8 Å². The Balaban J connectivity index is 2.32. The maximum Gasteiger partial charge on any atom is 0.0784 e. The van der Waals surface area contributed by atoms with E-state index in [-0.39, 0.29) is 0 Å². The largest absolute Gasteiger partial charge is 0.382 e. The quantitative estimate of drug-likeness (QED) is 0.708. The first kappa shape index (κ1) is 8.57. The zero-order valence-electron chi connectivity index (χ0n) is 8.13. The number of rotatable bonds is 1. The van der Waals surface area contributed by atoms with E-state index in [0.29, 0.717) is 6.10 Å². The van der Waals surface area contributed by atoms with E-state index < -0.39 is 0 Å². The third-order valence-electron chi connectivity index (χ3n) is 2.70. The summed E-state index contributed by atoms with van der Waals surface area (Å²) >= 11 is 0. The number of aryl methyl sites for hydroxylation is 1. The van der Waals surface area contributed by atoms with Gasteiger partial charge < -0.3 is 10.1 Å². The summed E-state index contributed by atoms with van der Waals surface area (Å²) in [5.41, 5.74) is 4.03. The van der Waals surface area contributed by atoms with Crippen LogP contribution in [0.4, 0.5) is 5.69 Å². The second kappa shape index (κ2) is 3.38. The van der Waals surface area contributed by atoms with Crippen molar-refractivity contribution in [2.24, 2.45) is 0 Å². The fraction of sp³-hybridized carbons (Fsp3) is 0.455. The molecule has 1 heterocycles. The van der Waals surface area contributed by atoms with Crippen molar-refractivity contribution >= 4 is 5.69 Å². The van der Waals surface area contributed by atoms with Crippen LogP contribution in [0.2, 0.25) is 0 Å². The van der Waals surface area contributed by atoms with Gasteiger partial charge in [-0.25, -0.2) is 0 Å². The monoisotopic (exact) mass is 177 g/mol. The number of anilines is 1. The second-order valence-corrected chi connectivity index (χ2v) is 3.54. The van der Waals surface area contributed by atoms with Gasteiger partial charge in [0.2, 0.25) is 0 Å². The van der Waals surface area contributed by atoms with Crippen LogP contribution in [0.1, 0.15) is 11.1 Å². The summed E-state index contributed by atoms with van der Waals surface area (Å²) in [6.07, 6.45) is 1.36. The lowest BCUT2D eigenvalue weighted by molar-refractivity contribution is 0.111. The Morgan fingerprint density at radius 3 is 3.08 bits per heavy atom. The maximum atomic E-state index is 5.34. The highest BCUT2D eigenvalue weighted by Gasteiger charge is 2.18. The number of fused-ring (bicyclic) bond motifs is 1. The Kier molecular flexibility index (Phi) is 2.23. The summed E-state index contributed by atoms with van der Waals surface area (Å²) in [5, 5.41) is 3.38. The topological polar surface area (TPSA) is 21.3 Å². The van der Waals surface area contributed by atoms with Gasteiger partial charge in [0.1, 0.15) is 0 Å². The van der Waals surface area contributed by atoms with Crippen LogP contribution in [0, 0.1) is 6.92 Å². The van der Waals surface area contributed by atoms with E-state index in [1.807, 2.05) is 0 Å². The van der Waals surface area contributed by atoms with Gasteiger partial charge in [0.25, 0.3) is 0 Å². The van der Waals surface area contributed by atoms with Crippen LogP contribution in [0.3, 0.4) is 0 Å². The first-order valence-corrected chi connectivity index (χ1v) is 4.66. The smallest absolute Gasteiger partial charge is 0.0784 e. The highest BCUT2D eigenvalue weighted by Crippen LogP contribution is 2.25. The zero-order chi connectivity index (χ0) is 9.26. The molecule has 1 atom stereocenters. The molecule has 1 aromatic rings. The van der Waals surface area contributed by atoms with Crippen LogP contribution in [0.15, 0.2) is 18.2 Å². The molecule has 1 aromatic carbocycles. The van der Waals surface area contributed by atoms with Gasteiger partial charge in [-0.3, -0.25) is 0 Å². The number of ether oxygens (including phenoxy) is 1. The summed E-state index contributed by atoms with van der Waals surface area (Å²) in [7, 11) is 1.77. The van der Waals surface area contributed by atoms with Crippen molar-refractivity contribution in [3.63, 3.8) is 0 Å². The van der Waals surface area contributed by atoms with Crippen LogP contribution in [0.5, 0.6) is 0 Å². The average molecular weight is 177 g/mol. The fourth-order valence-corrected chi connectivity index (χ4v) is 1.83. The van der Waals surface area contributed by atoms with E-state index in [1.54, 1.807) is 7.11 Å². The van der Waals surface area contributed by atoms with E-state index >= 15 is 0 Å². The maximum absolute atomic E-state index is 5.34. The van der Waals surface area contributed by atoms with Crippen molar-refractivity contribution in [3.05, 3.63) is 29.3 Å². The normalized spacial score (nSPS) is 20.6. The Bertz CT molecular complexity index is 309. The number of methoxy groups -OCH3 is 1. The van der Waals surface area contributed by atoms with Gasteiger partial charge in [0.15, 0.2) is 0 Å². The molecule has 1 unspecified atom stereocenters. The molecule has 0 saturated heterocycles. The summed E-state index contributed by atoms with van der Waals surface area (Å²) in [6, 6.07) is 6.38. The third-order valence-corrected chi connectivity index (χ3v) is 2.70. The highest BCUT2D eigenvalue weighted by molar-refractivity contribution is 5.56. The van der Waals surface area contributed by atoms with Gasteiger partial charge in [-0.2, -0.15) is 0 Å². The lowest BCUT2D eigenvalue weighted by atomic mass is 9.97. The molecule has 70 valence electrons. The summed E-state index contributed by atoms with van der Waals surface area (Å²) in [6.45, 7) is 3.07. The molecule has 0 spiro atoms. The molecule has 0 aliphatic carbocycles. The van der Waals surface area contributed by atoms with Crippen LogP contribution in [0.25, 0.3) is 0 Å². The molecule has 2 rings (SSSR count). The van der Waals surface area contributed by atoms with Gasteiger partial charge in [-0.05, 0) is 24.1 Å². The van der Waals surface area contributed by atoms with Crippen molar-refractivity contribution in [1.29, 1.82) is 0 Å². The fourth-order valence-electron chi connectivity index (χ4n) is 1.83. The molecule has 1 aliphatic rings. The van der Waals surface area contributed by atoms with Crippen molar-refractivity contribution < 1.29 is 4.74 Å². The molecule has 2 heteroatoms. The van der Waals surface area contributed by atoms with Crippen molar-refractivity contribution in [2.75, 3.05) is 19.0 Å². The minimum atomic E-state index is 0.327. The van der Waals surface area contributed by atoms with Gasteiger partial charge in [0, 0.05) is 25.8 Å². The number of benzene rings is 1. The lowest BCUT2D eigenvalue weighted by Gasteiger charge is -2.26. The molecule has 0 bridgehead atoms.